The van der Waals surface area contributed by atoms with Crippen molar-refractivity contribution in [1.29, 1.82) is 0 Å². The summed E-state index contributed by atoms with van der Waals surface area (Å²) in [5.74, 6) is -1.59. The van der Waals surface area contributed by atoms with E-state index in [1.807, 2.05) is 0 Å². The highest BCUT2D eigenvalue weighted by Gasteiger charge is 2.28. The van der Waals surface area contributed by atoms with E-state index in [2.05, 4.69) is 9.17 Å². The summed E-state index contributed by atoms with van der Waals surface area (Å²) in [7, 11) is -4.45. The molecular weight excluding hydrogens is 452 g/mol. The Morgan fingerprint density at radius 3 is 2.35 bits per heavy atom. The molecule has 0 aliphatic rings. The van der Waals surface area contributed by atoms with Crippen LogP contribution < -0.4 is 4.52 Å². The van der Waals surface area contributed by atoms with E-state index in [4.69, 9.17) is 53.7 Å². The van der Waals surface area contributed by atoms with Crippen LogP contribution in [-0.2, 0) is 40.0 Å². The minimum Gasteiger partial charge on any atom is -0.481 e. The summed E-state index contributed by atoms with van der Waals surface area (Å²) >= 11 is 17.0. The van der Waals surface area contributed by atoms with Crippen molar-refractivity contribution in [3.63, 3.8) is 0 Å². The predicted octanol–water partition coefficient (Wildman–Crippen LogP) is 3.24. The van der Waals surface area contributed by atoms with Crippen LogP contribution in [0.15, 0.2) is 11.1 Å². The average molecular weight is 468 g/mol. The van der Waals surface area contributed by atoms with Gasteiger partial charge in [-0.2, -0.15) is 13.4 Å². The Morgan fingerprint density at radius 2 is 1.85 bits per heavy atom. The Kier molecular flexibility index (Phi) is 9.17. The maximum atomic E-state index is 12.2. The summed E-state index contributed by atoms with van der Waals surface area (Å²) < 4.78 is 44.9. The second-order valence-corrected chi connectivity index (χ2v) is 9.64. The molecular formula is C12H16Cl2NO8PS2. The first-order chi connectivity index (χ1) is 12.0. The third-order valence-corrected chi connectivity index (χ3v) is 6.76. The van der Waals surface area contributed by atoms with Crippen molar-refractivity contribution in [3.8, 4) is 5.88 Å². The van der Waals surface area contributed by atoms with Gasteiger partial charge in [0.1, 0.15) is 5.02 Å². The molecule has 1 aromatic heterocycles. The Balaban J connectivity index is 3.19. The molecule has 148 valence electrons. The molecule has 0 fully saturated rings. The molecule has 0 spiro atoms. The SMILES string of the molecule is CCOP(=S)(OCC)Oc1nc(S(=O)(=O)OCCC(=O)O)c(Cl)cc1Cl. The lowest BCUT2D eigenvalue weighted by atomic mass is 10.5. The number of nitrogens with zero attached hydrogens (tertiary/aromatic N) is 1. The predicted molar refractivity (Wildman–Crippen MR) is 97.8 cm³/mol. The van der Waals surface area contributed by atoms with E-state index in [1.165, 1.54) is 0 Å². The largest absolute Gasteiger partial charge is 0.481 e. The van der Waals surface area contributed by atoms with Crippen molar-refractivity contribution in [2.24, 2.45) is 0 Å². The third-order valence-electron chi connectivity index (χ3n) is 2.43. The number of halogens is 2. The molecule has 0 amide bonds. The van der Waals surface area contributed by atoms with Crippen LogP contribution in [0.3, 0.4) is 0 Å². The zero-order chi connectivity index (χ0) is 20.0. The Labute approximate surface area is 165 Å². The average Bonchev–Trinajstić information content (AvgIpc) is 2.49. The van der Waals surface area contributed by atoms with E-state index in [-0.39, 0.29) is 29.1 Å². The van der Waals surface area contributed by atoms with Gasteiger partial charge in [0.05, 0.1) is 31.3 Å². The number of aliphatic carboxylic acids is 1. The number of carboxylic acid groups (broad SMARTS) is 1. The first-order valence-electron chi connectivity index (χ1n) is 7.10. The van der Waals surface area contributed by atoms with Gasteiger partial charge in [-0.1, -0.05) is 23.2 Å². The summed E-state index contributed by atoms with van der Waals surface area (Å²) in [6, 6.07) is 1.08. The number of carboxylic acids is 1. The standard InChI is InChI=1S/C12H16Cl2NO8PS2/c1-3-20-24(25,21-4-2)23-11-8(13)7-9(14)12(15-11)26(18,19)22-6-5-10(16)17/h7H,3-6H2,1-2H3,(H,16,17). The quantitative estimate of drug-likeness (QED) is 0.383. The molecule has 0 aliphatic carbocycles. The van der Waals surface area contributed by atoms with Crippen molar-refractivity contribution in [2.75, 3.05) is 19.8 Å². The van der Waals surface area contributed by atoms with E-state index in [9.17, 15) is 13.2 Å². The Morgan fingerprint density at radius 1 is 1.27 bits per heavy atom. The Hall–Kier alpha value is -0.520. The molecule has 0 aliphatic heterocycles. The molecule has 14 heteroatoms. The molecule has 26 heavy (non-hydrogen) atoms. The van der Waals surface area contributed by atoms with Crippen LogP contribution in [0.5, 0.6) is 5.88 Å². The molecule has 0 radical (unpaired) electrons. The van der Waals surface area contributed by atoms with Gasteiger partial charge < -0.3 is 9.63 Å². The molecule has 9 nitrogen and oxygen atoms in total. The van der Waals surface area contributed by atoms with Crippen LogP contribution in [0.1, 0.15) is 20.3 Å². The summed E-state index contributed by atoms with van der Waals surface area (Å²) in [6.45, 7) is -0.133. The highest BCUT2D eigenvalue weighted by molar-refractivity contribution is 8.07. The van der Waals surface area contributed by atoms with Gasteiger partial charge in [0, 0.05) is 11.8 Å². The summed E-state index contributed by atoms with van der Waals surface area (Å²) in [5.41, 5.74) is 0. The highest BCUT2D eigenvalue weighted by atomic mass is 35.5. The van der Waals surface area contributed by atoms with Crippen molar-refractivity contribution in [1.82, 2.24) is 4.98 Å². The Bertz CT molecular complexity index is 795. The number of pyridine rings is 1. The molecule has 0 atom stereocenters. The van der Waals surface area contributed by atoms with Crippen LogP contribution in [-0.4, -0.2) is 44.3 Å². The molecule has 1 aromatic rings. The fraction of sp³-hybridized carbons (Fsp3) is 0.500. The third kappa shape index (κ3) is 6.90. The summed E-state index contributed by atoms with van der Waals surface area (Å²) in [5, 5.41) is 7.41. The molecule has 1 heterocycles. The van der Waals surface area contributed by atoms with Crippen molar-refractivity contribution >= 4 is 57.8 Å². The lowest BCUT2D eigenvalue weighted by Gasteiger charge is -2.21. The first kappa shape index (κ1) is 23.5. The van der Waals surface area contributed by atoms with E-state index in [1.54, 1.807) is 13.8 Å². The number of rotatable bonds is 11. The van der Waals surface area contributed by atoms with E-state index >= 15 is 0 Å². The maximum Gasteiger partial charge on any atom is 0.381 e. The smallest absolute Gasteiger partial charge is 0.381 e. The van der Waals surface area contributed by atoms with Crippen LogP contribution in [0.4, 0.5) is 0 Å². The zero-order valence-electron chi connectivity index (χ0n) is 13.7. The van der Waals surface area contributed by atoms with Gasteiger partial charge in [0.2, 0.25) is 10.9 Å². The summed E-state index contributed by atoms with van der Waals surface area (Å²) in [6.07, 6.45) is -0.525. The monoisotopic (exact) mass is 467 g/mol. The highest BCUT2D eigenvalue weighted by Crippen LogP contribution is 2.51. The number of carbonyl (C=O) groups is 1. The van der Waals surface area contributed by atoms with Crippen LogP contribution in [0.25, 0.3) is 0 Å². The second kappa shape index (κ2) is 10.1. The molecule has 1 rings (SSSR count). The second-order valence-electron chi connectivity index (χ2n) is 4.36. The van der Waals surface area contributed by atoms with Gasteiger partial charge in [-0.15, -0.1) is 0 Å². The number of aromatic nitrogens is 1. The fourth-order valence-corrected chi connectivity index (χ4v) is 5.13. The molecule has 0 bridgehead atoms. The maximum absolute atomic E-state index is 12.2. The molecule has 0 unspecified atom stereocenters. The van der Waals surface area contributed by atoms with Crippen molar-refractivity contribution in [2.45, 2.75) is 25.3 Å². The first-order valence-corrected chi connectivity index (χ1v) is 11.8. The number of hydrogen-bond donors (Lipinski definition) is 1. The molecule has 0 aromatic carbocycles. The number of hydrogen-bond acceptors (Lipinski definition) is 9. The van der Waals surface area contributed by atoms with Crippen molar-refractivity contribution < 1.29 is 36.1 Å². The van der Waals surface area contributed by atoms with Gasteiger partial charge in [0.15, 0.2) is 0 Å². The molecule has 0 saturated carbocycles. The van der Waals surface area contributed by atoms with Gasteiger partial charge in [0.25, 0.3) is 0 Å². The molecule has 1 N–H and O–H groups in total. The van der Waals surface area contributed by atoms with Gasteiger partial charge >= 0.3 is 22.8 Å². The van der Waals surface area contributed by atoms with Gasteiger partial charge in [-0.05, 0) is 19.9 Å². The van der Waals surface area contributed by atoms with Crippen LogP contribution in [0.2, 0.25) is 10.0 Å². The topological polar surface area (TPSA) is 121 Å². The lowest BCUT2D eigenvalue weighted by molar-refractivity contribution is -0.137. The van der Waals surface area contributed by atoms with E-state index < -0.39 is 40.9 Å². The van der Waals surface area contributed by atoms with Crippen LogP contribution in [0, 0.1) is 0 Å². The zero-order valence-corrected chi connectivity index (χ0v) is 17.7. The molecule has 0 saturated heterocycles. The van der Waals surface area contributed by atoms with Gasteiger partial charge in [-0.25, -0.2) is 0 Å². The normalized spacial score (nSPS) is 12.2. The minimum absolute atomic E-state index is 0.117. The van der Waals surface area contributed by atoms with Crippen LogP contribution >= 0.6 is 29.9 Å². The minimum atomic E-state index is -4.45. The van der Waals surface area contributed by atoms with Crippen molar-refractivity contribution in [3.05, 3.63) is 16.1 Å². The van der Waals surface area contributed by atoms with E-state index in [0.717, 1.165) is 6.07 Å². The summed E-state index contributed by atoms with van der Waals surface area (Å²) in [4.78, 5) is 14.2. The lowest BCUT2D eigenvalue weighted by Crippen LogP contribution is -2.13. The fourth-order valence-electron chi connectivity index (χ4n) is 1.48. The van der Waals surface area contributed by atoms with E-state index in [0.29, 0.717) is 0 Å². The van der Waals surface area contributed by atoms with Gasteiger partial charge in [-0.3, -0.25) is 18.0 Å².